The summed E-state index contributed by atoms with van der Waals surface area (Å²) in [4.78, 5) is 14.4. The maximum Gasteiger partial charge on any atom is 0.335 e. The molecule has 2 aromatic carbocycles. The van der Waals surface area contributed by atoms with Gasteiger partial charge in [-0.1, -0.05) is 23.7 Å². The molecule has 0 saturated heterocycles. The van der Waals surface area contributed by atoms with E-state index in [0.717, 1.165) is 74.5 Å². The summed E-state index contributed by atoms with van der Waals surface area (Å²) < 4.78 is 35.9. The van der Waals surface area contributed by atoms with E-state index in [0.29, 0.717) is 24.9 Å². The van der Waals surface area contributed by atoms with Crippen LogP contribution in [0.5, 0.6) is 5.75 Å². The van der Waals surface area contributed by atoms with Gasteiger partial charge in [-0.15, -0.1) is 0 Å². The number of benzene rings is 2. The van der Waals surface area contributed by atoms with Crippen LogP contribution in [0.25, 0.3) is 0 Å². The Hall–Kier alpha value is -2.59. The number of methoxy groups -OCH3 is 1. The van der Waals surface area contributed by atoms with Crippen LogP contribution < -0.4 is 14.8 Å². The fourth-order valence-corrected chi connectivity index (χ4v) is 9.15. The number of aromatic carboxylic acids is 1. The molecule has 1 saturated carbocycles. The lowest BCUT2D eigenvalue weighted by atomic mass is 9.66. The minimum Gasteiger partial charge on any atom is -0.490 e. The van der Waals surface area contributed by atoms with Gasteiger partial charge >= 0.3 is 5.97 Å². The quantitative estimate of drug-likeness (QED) is 0.367. The average Bonchev–Trinajstić information content (AvgIpc) is 3.10. The van der Waals surface area contributed by atoms with Crippen molar-refractivity contribution in [2.24, 2.45) is 22.9 Å². The highest BCUT2D eigenvalue weighted by molar-refractivity contribution is 7.89. The molecular formula is C33H41ClN2O6S. The first-order valence-corrected chi connectivity index (χ1v) is 17.4. The van der Waals surface area contributed by atoms with Crippen molar-refractivity contribution in [1.82, 2.24) is 0 Å². The number of fused-ring (bicyclic) bond motifs is 3. The summed E-state index contributed by atoms with van der Waals surface area (Å²) in [5.41, 5.74) is 4.65. The summed E-state index contributed by atoms with van der Waals surface area (Å²) >= 11 is 6.39. The molecule has 0 aromatic heterocycles. The minimum atomic E-state index is -3.49. The number of carboxylic acids is 1. The molecule has 0 bridgehead atoms. The summed E-state index contributed by atoms with van der Waals surface area (Å²) in [7, 11) is -1.72. The second kappa shape index (κ2) is 12.1. The highest BCUT2D eigenvalue weighted by Gasteiger charge is 2.45. The molecule has 5 atom stereocenters. The van der Waals surface area contributed by atoms with Crippen molar-refractivity contribution in [2.45, 2.75) is 62.9 Å². The Morgan fingerprint density at radius 3 is 2.72 bits per heavy atom. The van der Waals surface area contributed by atoms with E-state index in [1.807, 2.05) is 6.07 Å². The molecule has 3 N–H and O–H groups in total. The number of rotatable bonds is 8. The van der Waals surface area contributed by atoms with E-state index >= 15 is 0 Å². The van der Waals surface area contributed by atoms with Gasteiger partial charge in [0.25, 0.3) is 0 Å². The molecule has 1 aliphatic heterocycles. The number of hydrogen-bond acceptors (Lipinski definition) is 6. The first-order chi connectivity index (χ1) is 20.5. The van der Waals surface area contributed by atoms with Gasteiger partial charge in [-0.2, -0.15) is 0 Å². The Morgan fingerprint density at radius 1 is 1.21 bits per heavy atom. The normalized spacial score (nSPS) is 27.7. The predicted octanol–water partition coefficient (Wildman–Crippen LogP) is 5.57. The largest absolute Gasteiger partial charge is 0.490 e. The van der Waals surface area contributed by atoms with Crippen molar-refractivity contribution in [1.29, 1.82) is 0 Å². The minimum absolute atomic E-state index is 0.0197. The van der Waals surface area contributed by atoms with Crippen LogP contribution in [-0.4, -0.2) is 58.2 Å². The molecule has 43 heavy (non-hydrogen) atoms. The third kappa shape index (κ3) is 6.32. The van der Waals surface area contributed by atoms with Crippen LogP contribution in [0.15, 0.2) is 48.0 Å². The van der Waals surface area contributed by atoms with Gasteiger partial charge in [-0.25, -0.2) is 18.4 Å². The van der Waals surface area contributed by atoms with Gasteiger partial charge in [0.2, 0.25) is 10.0 Å². The molecule has 2 aromatic rings. The van der Waals surface area contributed by atoms with Crippen molar-refractivity contribution >= 4 is 33.3 Å². The van der Waals surface area contributed by atoms with E-state index in [2.05, 4.69) is 23.1 Å². The number of nitrogens with two attached hydrogens (primary N) is 1. The number of sulfonamides is 1. The Balaban J connectivity index is 1.28. The van der Waals surface area contributed by atoms with Crippen LogP contribution in [0, 0.1) is 17.8 Å². The zero-order valence-corrected chi connectivity index (χ0v) is 26.2. The smallest absolute Gasteiger partial charge is 0.335 e. The first kappa shape index (κ1) is 30.4. The van der Waals surface area contributed by atoms with E-state index in [9.17, 15) is 18.3 Å². The fraction of sp³-hybridized carbons (Fsp3) is 0.545. The Labute approximate surface area is 259 Å². The molecule has 4 aliphatic rings. The van der Waals surface area contributed by atoms with Crippen molar-refractivity contribution in [3.05, 3.63) is 69.8 Å². The molecule has 0 radical (unpaired) electrons. The maximum atomic E-state index is 12.0. The number of anilines is 1. The van der Waals surface area contributed by atoms with Crippen molar-refractivity contribution in [3.8, 4) is 5.75 Å². The highest BCUT2D eigenvalue weighted by Crippen LogP contribution is 2.48. The lowest BCUT2D eigenvalue weighted by Gasteiger charge is -2.47. The zero-order valence-electron chi connectivity index (χ0n) is 24.6. The molecule has 2 unspecified atom stereocenters. The number of ether oxygens (including phenoxy) is 2. The lowest BCUT2D eigenvalue weighted by Crippen LogP contribution is -2.50. The monoisotopic (exact) mass is 628 g/mol. The van der Waals surface area contributed by atoms with Crippen LogP contribution in [0.4, 0.5) is 5.69 Å². The van der Waals surface area contributed by atoms with Crippen LogP contribution >= 0.6 is 11.6 Å². The highest BCUT2D eigenvalue weighted by atomic mass is 35.5. The number of primary sulfonamides is 1. The van der Waals surface area contributed by atoms with Gasteiger partial charge in [0.1, 0.15) is 5.75 Å². The van der Waals surface area contributed by atoms with Crippen LogP contribution in [0.3, 0.4) is 0 Å². The molecule has 8 nitrogen and oxygen atoms in total. The summed E-state index contributed by atoms with van der Waals surface area (Å²) in [6.07, 6.45) is 9.59. The molecule has 10 heteroatoms. The van der Waals surface area contributed by atoms with E-state index in [4.69, 9.17) is 26.2 Å². The Morgan fingerprint density at radius 2 is 2.05 bits per heavy atom. The second-order valence-electron chi connectivity index (χ2n) is 13.0. The number of halogens is 1. The molecular weight excluding hydrogens is 588 g/mol. The Kier molecular flexibility index (Phi) is 8.54. The van der Waals surface area contributed by atoms with Gasteiger partial charge < -0.3 is 19.5 Å². The van der Waals surface area contributed by atoms with Crippen LogP contribution in [0.2, 0.25) is 5.02 Å². The number of allylic oxidation sites excluding steroid dienone is 1. The molecule has 0 amide bonds. The predicted molar refractivity (Wildman–Crippen MR) is 168 cm³/mol. The SMILES string of the molecule is COC(C1=CCC(CS(N)(=O)=O)CC1)[C@@H]1CC[C@H]1CN1C[C@@]2(CCCc3cc(Cl)ccc32)COc2ccc(C(=O)O)cc21. The lowest BCUT2D eigenvalue weighted by molar-refractivity contribution is 0.00323. The average molecular weight is 629 g/mol. The summed E-state index contributed by atoms with van der Waals surface area (Å²) in [5, 5.41) is 15.9. The van der Waals surface area contributed by atoms with Crippen molar-refractivity contribution < 1.29 is 27.8 Å². The summed E-state index contributed by atoms with van der Waals surface area (Å²) in [5.74, 6) is 0.525. The third-order valence-electron chi connectivity index (χ3n) is 10.2. The summed E-state index contributed by atoms with van der Waals surface area (Å²) in [6, 6.07) is 11.4. The number of nitrogens with zero attached hydrogens (tertiary/aromatic N) is 1. The molecule has 232 valence electrons. The molecule has 1 spiro atoms. The van der Waals surface area contributed by atoms with Crippen LogP contribution in [0.1, 0.15) is 66.4 Å². The zero-order chi connectivity index (χ0) is 30.4. The maximum absolute atomic E-state index is 12.0. The molecule has 6 rings (SSSR count). The van der Waals surface area contributed by atoms with E-state index in [1.165, 1.54) is 16.7 Å². The number of hydrogen-bond donors (Lipinski definition) is 2. The van der Waals surface area contributed by atoms with E-state index < -0.39 is 16.0 Å². The number of carbonyl (C=O) groups is 1. The van der Waals surface area contributed by atoms with Gasteiger partial charge in [0.05, 0.1) is 29.7 Å². The summed E-state index contributed by atoms with van der Waals surface area (Å²) in [6.45, 7) is 2.03. The fourth-order valence-electron chi connectivity index (χ4n) is 8.00. The van der Waals surface area contributed by atoms with Gasteiger partial charge in [0, 0.05) is 30.6 Å². The Bertz CT molecular complexity index is 1530. The van der Waals surface area contributed by atoms with E-state index in [-0.39, 0.29) is 28.8 Å². The topological polar surface area (TPSA) is 119 Å². The second-order valence-corrected chi connectivity index (χ2v) is 15.1. The van der Waals surface area contributed by atoms with Crippen molar-refractivity contribution in [3.63, 3.8) is 0 Å². The third-order valence-corrected chi connectivity index (χ3v) is 11.4. The standard InChI is InChI=1S/C33H41ClN2O6S/c1-41-31(22-6-4-21(5-7-22)18-43(35,39)40)27-11-8-25(27)17-36-19-33(14-2-3-23-15-26(34)10-12-28(23)33)20-42-30-13-9-24(32(37)38)16-29(30)36/h6,9-10,12-13,15-16,21,25,27,31H,2-5,7-8,11,14,17-20H2,1H3,(H,37,38)(H2,35,39,40)/t21?,25-,27+,31?,33-/m0/s1. The molecule has 1 heterocycles. The van der Waals surface area contributed by atoms with Crippen LogP contribution in [-0.2, 0) is 26.6 Å². The molecule has 3 aliphatic carbocycles. The number of carboxylic acid groups (broad SMARTS) is 1. The van der Waals surface area contributed by atoms with Gasteiger partial charge in [-0.3, -0.25) is 0 Å². The van der Waals surface area contributed by atoms with Gasteiger partial charge in [0.15, 0.2) is 0 Å². The number of aryl methyl sites for hydroxylation is 1. The molecule has 1 fully saturated rings. The van der Waals surface area contributed by atoms with Gasteiger partial charge in [-0.05, 0) is 116 Å². The van der Waals surface area contributed by atoms with E-state index in [1.54, 1.807) is 25.3 Å². The first-order valence-electron chi connectivity index (χ1n) is 15.3. The van der Waals surface area contributed by atoms with Crippen molar-refractivity contribution in [2.75, 3.05) is 37.5 Å².